The van der Waals surface area contributed by atoms with Gasteiger partial charge in [0.1, 0.15) is 11.8 Å². The quantitative estimate of drug-likeness (QED) is 0.871. The Balaban J connectivity index is 1.44. The molecule has 0 amide bonds. The lowest BCUT2D eigenvalue weighted by atomic mass is 10.1. The van der Waals surface area contributed by atoms with Gasteiger partial charge in [-0.05, 0) is 6.42 Å². The maximum absolute atomic E-state index is 5.87. The summed E-state index contributed by atoms with van der Waals surface area (Å²) in [6, 6.07) is 0.377. The van der Waals surface area contributed by atoms with Gasteiger partial charge >= 0.3 is 0 Å². The Morgan fingerprint density at radius 3 is 2.83 bits per heavy atom. The van der Waals surface area contributed by atoms with E-state index in [0.717, 1.165) is 44.9 Å². The van der Waals surface area contributed by atoms with Crippen LogP contribution in [0.3, 0.4) is 0 Å². The van der Waals surface area contributed by atoms with Crippen LogP contribution < -0.4 is 5.73 Å². The van der Waals surface area contributed by atoms with Crippen LogP contribution in [0.2, 0.25) is 0 Å². The summed E-state index contributed by atoms with van der Waals surface area (Å²) in [7, 11) is 0. The second kappa shape index (κ2) is 6.38. The monoisotopic (exact) mass is 318 g/mol. The first-order chi connectivity index (χ1) is 11.3. The average Bonchev–Trinajstić information content (AvgIpc) is 3.09. The zero-order chi connectivity index (χ0) is 15.6. The number of likely N-dealkylation sites (tertiary alicyclic amines) is 1. The van der Waals surface area contributed by atoms with E-state index in [0.29, 0.717) is 36.5 Å². The third-order valence-electron chi connectivity index (χ3n) is 4.62. The molecule has 8 heteroatoms. The van der Waals surface area contributed by atoms with Crippen LogP contribution in [0, 0.1) is 5.92 Å². The number of imidazole rings is 1. The molecule has 2 aromatic heterocycles. The molecule has 124 valence electrons. The van der Waals surface area contributed by atoms with Crippen molar-refractivity contribution >= 4 is 17.0 Å². The smallest absolute Gasteiger partial charge is 0.165 e. The highest BCUT2D eigenvalue weighted by atomic mass is 16.5. The standard InChI is InChI=1S/C15H22N6O2/c16-14-13-15(18-9-17-14)21(10-19-13)12-1-2-20(6-12)5-11-7-22-3-4-23-8-11/h9-12H,1-8H2,(H2,16,17,18). The van der Waals surface area contributed by atoms with Crippen molar-refractivity contribution in [2.45, 2.75) is 12.5 Å². The molecule has 1 unspecified atom stereocenters. The Morgan fingerprint density at radius 2 is 2.00 bits per heavy atom. The summed E-state index contributed by atoms with van der Waals surface area (Å²) in [4.78, 5) is 15.2. The maximum Gasteiger partial charge on any atom is 0.165 e. The summed E-state index contributed by atoms with van der Waals surface area (Å²) in [5.74, 6) is 0.894. The largest absolute Gasteiger partial charge is 0.382 e. The number of hydrogen-bond acceptors (Lipinski definition) is 7. The minimum atomic E-state index is 0.377. The van der Waals surface area contributed by atoms with Crippen LogP contribution in [0.15, 0.2) is 12.7 Å². The third-order valence-corrected chi connectivity index (χ3v) is 4.62. The molecule has 2 N–H and O–H groups in total. The first-order valence-electron chi connectivity index (χ1n) is 8.12. The van der Waals surface area contributed by atoms with E-state index in [1.807, 2.05) is 6.33 Å². The van der Waals surface area contributed by atoms with Gasteiger partial charge in [-0.3, -0.25) is 0 Å². The maximum atomic E-state index is 5.87. The summed E-state index contributed by atoms with van der Waals surface area (Å²) in [6.07, 6.45) is 4.42. The summed E-state index contributed by atoms with van der Waals surface area (Å²) < 4.78 is 13.3. The van der Waals surface area contributed by atoms with Crippen molar-refractivity contribution in [1.82, 2.24) is 24.4 Å². The number of nitrogen functional groups attached to an aromatic ring is 1. The molecule has 2 aliphatic rings. The van der Waals surface area contributed by atoms with Gasteiger partial charge < -0.3 is 24.7 Å². The molecule has 1 atom stereocenters. The van der Waals surface area contributed by atoms with E-state index < -0.39 is 0 Å². The second-order valence-corrected chi connectivity index (χ2v) is 6.30. The Hall–Kier alpha value is -1.77. The van der Waals surface area contributed by atoms with Crippen molar-refractivity contribution in [2.24, 2.45) is 5.92 Å². The fourth-order valence-electron chi connectivity index (χ4n) is 3.48. The first-order valence-corrected chi connectivity index (χ1v) is 8.12. The number of nitrogens with zero attached hydrogens (tertiary/aromatic N) is 5. The zero-order valence-electron chi connectivity index (χ0n) is 13.1. The molecule has 0 aromatic carbocycles. The van der Waals surface area contributed by atoms with Gasteiger partial charge in [0.2, 0.25) is 0 Å². The molecule has 0 aliphatic carbocycles. The van der Waals surface area contributed by atoms with E-state index in [1.54, 1.807) is 0 Å². The molecule has 4 heterocycles. The molecule has 2 aromatic rings. The molecule has 2 aliphatic heterocycles. The molecule has 0 radical (unpaired) electrons. The van der Waals surface area contributed by atoms with Crippen LogP contribution in [-0.4, -0.2) is 70.5 Å². The number of anilines is 1. The molecule has 0 saturated carbocycles. The normalized spacial score (nSPS) is 24.3. The summed E-state index contributed by atoms with van der Waals surface area (Å²) >= 11 is 0. The van der Waals surface area contributed by atoms with E-state index in [-0.39, 0.29) is 0 Å². The van der Waals surface area contributed by atoms with Crippen molar-refractivity contribution in [3.05, 3.63) is 12.7 Å². The Kier molecular flexibility index (Phi) is 4.11. The number of nitrogens with two attached hydrogens (primary N) is 1. The number of aromatic nitrogens is 4. The van der Waals surface area contributed by atoms with E-state index in [2.05, 4.69) is 24.4 Å². The minimum absolute atomic E-state index is 0.377. The van der Waals surface area contributed by atoms with Gasteiger partial charge in [-0.15, -0.1) is 0 Å². The highest BCUT2D eigenvalue weighted by Crippen LogP contribution is 2.26. The molecular formula is C15H22N6O2. The van der Waals surface area contributed by atoms with Gasteiger partial charge in [0.25, 0.3) is 0 Å². The zero-order valence-corrected chi connectivity index (χ0v) is 13.1. The molecule has 2 saturated heterocycles. The fourth-order valence-corrected chi connectivity index (χ4v) is 3.48. The van der Waals surface area contributed by atoms with Crippen molar-refractivity contribution in [3.8, 4) is 0 Å². The number of hydrogen-bond donors (Lipinski definition) is 1. The van der Waals surface area contributed by atoms with E-state index >= 15 is 0 Å². The highest BCUT2D eigenvalue weighted by molar-refractivity contribution is 5.81. The average molecular weight is 318 g/mol. The number of ether oxygens (including phenoxy) is 2. The minimum Gasteiger partial charge on any atom is -0.382 e. The SMILES string of the molecule is Nc1ncnc2c1ncn2C1CCN(CC2COCCOC2)C1. The molecular weight excluding hydrogens is 296 g/mol. The molecule has 0 bridgehead atoms. The van der Waals surface area contributed by atoms with Gasteiger partial charge in [0.15, 0.2) is 11.5 Å². The Morgan fingerprint density at radius 1 is 1.17 bits per heavy atom. The van der Waals surface area contributed by atoms with E-state index in [9.17, 15) is 0 Å². The van der Waals surface area contributed by atoms with Crippen LogP contribution in [0.4, 0.5) is 5.82 Å². The Labute approximate surface area is 134 Å². The lowest BCUT2D eigenvalue weighted by Crippen LogP contribution is -2.31. The van der Waals surface area contributed by atoms with Crippen LogP contribution in [0.1, 0.15) is 12.5 Å². The topological polar surface area (TPSA) is 91.3 Å². The van der Waals surface area contributed by atoms with Gasteiger partial charge in [0.05, 0.1) is 38.8 Å². The second-order valence-electron chi connectivity index (χ2n) is 6.30. The Bertz CT molecular complexity index is 667. The van der Waals surface area contributed by atoms with E-state index in [1.165, 1.54) is 6.33 Å². The van der Waals surface area contributed by atoms with Crippen LogP contribution in [-0.2, 0) is 9.47 Å². The molecule has 0 spiro atoms. The predicted molar refractivity (Wildman–Crippen MR) is 85.0 cm³/mol. The third kappa shape index (κ3) is 3.01. The first kappa shape index (κ1) is 14.8. The summed E-state index contributed by atoms with van der Waals surface area (Å²) in [5, 5.41) is 0. The van der Waals surface area contributed by atoms with Gasteiger partial charge in [-0.1, -0.05) is 0 Å². The number of fused-ring (bicyclic) bond motifs is 1. The molecule has 23 heavy (non-hydrogen) atoms. The highest BCUT2D eigenvalue weighted by Gasteiger charge is 2.28. The lowest BCUT2D eigenvalue weighted by molar-refractivity contribution is 0.103. The molecule has 4 rings (SSSR count). The van der Waals surface area contributed by atoms with Crippen LogP contribution in [0.25, 0.3) is 11.2 Å². The van der Waals surface area contributed by atoms with Crippen molar-refractivity contribution < 1.29 is 9.47 Å². The molecule has 2 fully saturated rings. The van der Waals surface area contributed by atoms with Crippen molar-refractivity contribution in [2.75, 3.05) is 51.8 Å². The van der Waals surface area contributed by atoms with Gasteiger partial charge in [-0.2, -0.15) is 0 Å². The number of rotatable bonds is 3. The van der Waals surface area contributed by atoms with Crippen LogP contribution >= 0.6 is 0 Å². The van der Waals surface area contributed by atoms with Crippen molar-refractivity contribution in [3.63, 3.8) is 0 Å². The van der Waals surface area contributed by atoms with Gasteiger partial charge in [0, 0.05) is 25.6 Å². The van der Waals surface area contributed by atoms with E-state index in [4.69, 9.17) is 15.2 Å². The summed E-state index contributed by atoms with van der Waals surface area (Å²) in [6.45, 7) is 6.08. The fraction of sp³-hybridized carbons (Fsp3) is 0.667. The molecule has 8 nitrogen and oxygen atoms in total. The predicted octanol–water partition coefficient (Wildman–Crippen LogP) is 0.318. The lowest BCUT2D eigenvalue weighted by Gasteiger charge is -2.22. The van der Waals surface area contributed by atoms with Crippen molar-refractivity contribution in [1.29, 1.82) is 0 Å². The summed E-state index contributed by atoms with van der Waals surface area (Å²) in [5.41, 5.74) is 7.38. The van der Waals surface area contributed by atoms with Crippen LogP contribution in [0.5, 0.6) is 0 Å². The van der Waals surface area contributed by atoms with Gasteiger partial charge in [-0.25, -0.2) is 15.0 Å².